The highest BCUT2D eigenvalue weighted by Crippen LogP contribution is 2.30. The molecular weight excluding hydrogens is 274 g/mol. The van der Waals surface area contributed by atoms with Crippen LogP contribution in [0.5, 0.6) is 0 Å². The minimum atomic E-state index is -1.03. The van der Waals surface area contributed by atoms with Crippen LogP contribution in [0.1, 0.15) is 11.1 Å². The molecule has 0 spiro atoms. The van der Waals surface area contributed by atoms with Crippen molar-refractivity contribution in [1.29, 1.82) is 0 Å². The van der Waals surface area contributed by atoms with Crippen LogP contribution in [0, 0.1) is 12.7 Å². The summed E-state index contributed by atoms with van der Waals surface area (Å²) >= 11 is 8.88. The van der Waals surface area contributed by atoms with E-state index in [9.17, 15) is 9.18 Å². The largest absolute Gasteiger partial charge is 0.481 e. The summed E-state index contributed by atoms with van der Waals surface area (Å²) in [6.07, 6.45) is -0.274. The van der Waals surface area contributed by atoms with Gasteiger partial charge in [-0.25, -0.2) is 4.39 Å². The number of halogens is 3. The zero-order valence-electron chi connectivity index (χ0n) is 7.27. The molecule has 0 heterocycles. The Balaban J connectivity index is 3.25. The number of hydrogen-bond donors (Lipinski definition) is 1. The molecule has 0 aliphatic carbocycles. The quantitative estimate of drug-likeness (QED) is 0.845. The Morgan fingerprint density at radius 3 is 2.79 bits per heavy atom. The average Bonchev–Trinajstić information content (AvgIpc) is 2.10. The second-order valence-corrected chi connectivity index (χ2v) is 4.01. The minimum absolute atomic E-state index is 0.274. The van der Waals surface area contributed by atoms with Crippen LogP contribution < -0.4 is 0 Å². The van der Waals surface area contributed by atoms with Crippen molar-refractivity contribution in [3.63, 3.8) is 0 Å². The van der Waals surface area contributed by atoms with Crippen molar-refractivity contribution in [2.75, 3.05) is 0 Å². The number of carbonyl (C=O) groups is 1. The molecule has 2 nitrogen and oxygen atoms in total. The van der Waals surface area contributed by atoms with E-state index in [0.29, 0.717) is 10.6 Å². The Hall–Kier alpha value is -0.610. The predicted molar refractivity (Wildman–Crippen MR) is 55.2 cm³/mol. The van der Waals surface area contributed by atoms with Crippen molar-refractivity contribution >= 4 is 33.5 Å². The standard InChI is InChI=1S/C9H7BrClFO2/c1-4-8(10)6(12)2-5(9(4)11)3-7(13)14/h2H,3H2,1H3,(H,13,14). The van der Waals surface area contributed by atoms with Crippen LogP contribution in [0.25, 0.3) is 0 Å². The topological polar surface area (TPSA) is 37.3 Å². The third-order valence-corrected chi connectivity index (χ3v) is 3.29. The summed E-state index contributed by atoms with van der Waals surface area (Å²) in [5, 5.41) is 8.84. The second kappa shape index (κ2) is 4.28. The van der Waals surface area contributed by atoms with Crippen LogP contribution >= 0.6 is 27.5 Å². The summed E-state index contributed by atoms with van der Waals surface area (Å²) in [5.74, 6) is -1.53. The van der Waals surface area contributed by atoms with Crippen molar-refractivity contribution in [2.45, 2.75) is 13.3 Å². The lowest BCUT2D eigenvalue weighted by atomic mass is 10.1. The van der Waals surface area contributed by atoms with Crippen LogP contribution in [0.2, 0.25) is 5.02 Å². The van der Waals surface area contributed by atoms with E-state index in [1.54, 1.807) is 6.92 Å². The van der Waals surface area contributed by atoms with Crippen molar-refractivity contribution in [1.82, 2.24) is 0 Å². The number of carboxylic acid groups (broad SMARTS) is 1. The summed E-state index contributed by atoms with van der Waals surface area (Å²) in [5.41, 5.74) is 0.806. The molecule has 0 aliphatic rings. The van der Waals surface area contributed by atoms with Crippen molar-refractivity contribution in [3.8, 4) is 0 Å². The summed E-state index contributed by atoms with van der Waals surface area (Å²) in [7, 11) is 0. The Kier molecular flexibility index (Phi) is 3.50. The van der Waals surface area contributed by atoms with E-state index in [1.165, 1.54) is 0 Å². The third-order valence-electron chi connectivity index (χ3n) is 1.79. The molecule has 1 N–H and O–H groups in total. The molecule has 0 radical (unpaired) electrons. The lowest BCUT2D eigenvalue weighted by Gasteiger charge is -2.07. The van der Waals surface area contributed by atoms with Crippen molar-refractivity contribution < 1.29 is 14.3 Å². The van der Waals surface area contributed by atoms with Gasteiger partial charge in [0.15, 0.2) is 0 Å². The van der Waals surface area contributed by atoms with Gasteiger partial charge in [0.2, 0.25) is 0 Å². The van der Waals surface area contributed by atoms with E-state index in [0.717, 1.165) is 6.07 Å². The van der Waals surface area contributed by atoms with Gasteiger partial charge in [-0.2, -0.15) is 0 Å². The molecule has 0 atom stereocenters. The van der Waals surface area contributed by atoms with E-state index in [-0.39, 0.29) is 16.5 Å². The Morgan fingerprint density at radius 2 is 2.29 bits per heavy atom. The van der Waals surface area contributed by atoms with Gasteiger partial charge in [-0.15, -0.1) is 0 Å². The molecule has 1 aromatic carbocycles. The highest BCUT2D eigenvalue weighted by molar-refractivity contribution is 9.10. The molecule has 0 unspecified atom stereocenters. The average molecular weight is 282 g/mol. The number of aliphatic carboxylic acids is 1. The van der Waals surface area contributed by atoms with Gasteiger partial charge in [-0.1, -0.05) is 11.6 Å². The first-order chi connectivity index (χ1) is 6.43. The Morgan fingerprint density at radius 1 is 1.71 bits per heavy atom. The fourth-order valence-electron chi connectivity index (χ4n) is 1.09. The second-order valence-electron chi connectivity index (χ2n) is 2.84. The smallest absolute Gasteiger partial charge is 0.307 e. The number of carboxylic acids is 1. The van der Waals surface area contributed by atoms with Gasteiger partial charge in [0.25, 0.3) is 0 Å². The van der Waals surface area contributed by atoms with Gasteiger partial charge in [-0.05, 0) is 40.0 Å². The highest BCUT2D eigenvalue weighted by atomic mass is 79.9. The van der Waals surface area contributed by atoms with Crippen LogP contribution in [0.3, 0.4) is 0 Å². The van der Waals surface area contributed by atoms with E-state index in [4.69, 9.17) is 16.7 Å². The molecule has 0 fully saturated rings. The van der Waals surface area contributed by atoms with Gasteiger partial charge >= 0.3 is 5.97 Å². The first kappa shape index (κ1) is 11.5. The summed E-state index contributed by atoms with van der Waals surface area (Å²) < 4.78 is 13.4. The molecular formula is C9H7BrClFO2. The minimum Gasteiger partial charge on any atom is -0.481 e. The van der Waals surface area contributed by atoms with Gasteiger partial charge in [0, 0.05) is 5.02 Å². The van der Waals surface area contributed by atoms with Gasteiger partial charge in [-0.3, -0.25) is 4.79 Å². The molecule has 0 saturated heterocycles. The van der Waals surface area contributed by atoms with Crippen LogP contribution in [0.15, 0.2) is 10.5 Å². The Labute approximate surface area is 93.8 Å². The van der Waals surface area contributed by atoms with Gasteiger partial charge in [0.1, 0.15) is 5.82 Å². The molecule has 0 amide bonds. The lowest BCUT2D eigenvalue weighted by Crippen LogP contribution is -2.02. The first-order valence-electron chi connectivity index (χ1n) is 3.78. The fraction of sp³-hybridized carbons (Fsp3) is 0.222. The molecule has 1 aromatic rings. The van der Waals surface area contributed by atoms with E-state index >= 15 is 0 Å². The molecule has 0 aliphatic heterocycles. The van der Waals surface area contributed by atoms with Gasteiger partial charge in [0.05, 0.1) is 10.9 Å². The maximum Gasteiger partial charge on any atom is 0.307 e. The summed E-state index contributed by atoms with van der Waals surface area (Å²) in [4.78, 5) is 10.4. The van der Waals surface area contributed by atoms with E-state index in [1.807, 2.05) is 0 Å². The summed E-state index contributed by atoms with van der Waals surface area (Å²) in [6, 6.07) is 1.13. The zero-order valence-corrected chi connectivity index (χ0v) is 9.62. The number of rotatable bonds is 2. The van der Waals surface area contributed by atoms with Crippen molar-refractivity contribution in [3.05, 3.63) is 32.5 Å². The maximum atomic E-state index is 13.2. The fourth-order valence-corrected chi connectivity index (χ4v) is 1.73. The third kappa shape index (κ3) is 2.25. The molecule has 0 aromatic heterocycles. The molecule has 0 bridgehead atoms. The first-order valence-corrected chi connectivity index (χ1v) is 4.95. The van der Waals surface area contributed by atoms with E-state index in [2.05, 4.69) is 15.9 Å². The molecule has 14 heavy (non-hydrogen) atoms. The molecule has 0 saturated carbocycles. The monoisotopic (exact) mass is 280 g/mol. The molecule has 76 valence electrons. The number of benzene rings is 1. The zero-order chi connectivity index (χ0) is 10.9. The predicted octanol–water partition coefficient (Wildman–Crippen LogP) is 3.18. The molecule has 1 rings (SSSR count). The maximum absolute atomic E-state index is 13.2. The van der Waals surface area contributed by atoms with Gasteiger partial charge < -0.3 is 5.11 Å². The summed E-state index contributed by atoms with van der Waals surface area (Å²) in [6.45, 7) is 1.63. The SMILES string of the molecule is Cc1c(Cl)c(CC(=O)O)cc(F)c1Br. The van der Waals surface area contributed by atoms with Crippen LogP contribution in [-0.2, 0) is 11.2 Å². The number of hydrogen-bond acceptors (Lipinski definition) is 1. The van der Waals surface area contributed by atoms with Crippen LogP contribution in [-0.4, -0.2) is 11.1 Å². The van der Waals surface area contributed by atoms with E-state index < -0.39 is 11.8 Å². The van der Waals surface area contributed by atoms with Crippen molar-refractivity contribution in [2.24, 2.45) is 0 Å². The lowest BCUT2D eigenvalue weighted by molar-refractivity contribution is -0.136. The Bertz CT molecular complexity index is 393. The van der Waals surface area contributed by atoms with Crippen LogP contribution in [0.4, 0.5) is 4.39 Å². The highest BCUT2D eigenvalue weighted by Gasteiger charge is 2.13. The normalized spacial score (nSPS) is 10.3. The molecule has 5 heteroatoms.